The topological polar surface area (TPSA) is 29.5 Å². The van der Waals surface area contributed by atoms with Crippen LogP contribution >= 0.6 is 23.2 Å². The molecule has 5 heteroatoms. The number of nitrogens with zero attached hydrogens (tertiary/aromatic N) is 1. The lowest BCUT2D eigenvalue weighted by Crippen LogP contribution is -2.48. The second-order valence-electron chi connectivity index (χ2n) is 6.14. The minimum atomic E-state index is -0.625. The minimum absolute atomic E-state index is 0.0893. The molecule has 0 bridgehead atoms. The Morgan fingerprint density at radius 3 is 2.29 bits per heavy atom. The van der Waals surface area contributed by atoms with Crippen LogP contribution in [0, 0.1) is 0 Å². The van der Waals surface area contributed by atoms with Crippen LogP contribution in [0.5, 0.6) is 0 Å². The lowest BCUT2D eigenvalue weighted by Gasteiger charge is -2.40. The van der Waals surface area contributed by atoms with Gasteiger partial charge in [0.05, 0.1) is 17.4 Å². The average Bonchev–Trinajstić information content (AvgIpc) is 2.55. The van der Waals surface area contributed by atoms with Gasteiger partial charge in [-0.15, -0.1) is 0 Å². The molecule has 0 atom stereocenters. The van der Waals surface area contributed by atoms with Crippen molar-refractivity contribution >= 4 is 34.7 Å². The van der Waals surface area contributed by atoms with Crippen LogP contribution in [-0.2, 0) is 15.1 Å². The van der Waals surface area contributed by atoms with Crippen molar-refractivity contribution < 1.29 is 9.53 Å². The van der Waals surface area contributed by atoms with Crippen LogP contribution in [0.1, 0.15) is 25.0 Å². The Balaban J connectivity index is 1.97. The van der Waals surface area contributed by atoms with E-state index in [9.17, 15) is 4.79 Å². The Hall–Kier alpha value is -1.97. The van der Waals surface area contributed by atoms with E-state index in [0.717, 1.165) is 11.1 Å². The minimum Gasteiger partial charge on any atom is -0.480 e. The Labute approximate surface area is 151 Å². The Morgan fingerprint density at radius 2 is 1.67 bits per heavy atom. The van der Waals surface area contributed by atoms with Gasteiger partial charge in [-0.1, -0.05) is 53.5 Å². The molecule has 0 unspecified atom stereocenters. The van der Waals surface area contributed by atoms with E-state index in [1.807, 2.05) is 56.3 Å². The fourth-order valence-electron chi connectivity index (χ4n) is 2.74. The SMILES string of the molecule is CC(C)(c1cc(Cl)cc(Cl)c1)N1COC=C(c2ccccc2)C1=O. The fourth-order valence-corrected chi connectivity index (χ4v) is 3.26. The number of benzene rings is 2. The summed E-state index contributed by atoms with van der Waals surface area (Å²) < 4.78 is 5.56. The molecule has 2 aromatic carbocycles. The predicted octanol–water partition coefficient (Wildman–Crippen LogP) is 5.09. The molecule has 24 heavy (non-hydrogen) atoms. The molecule has 0 spiro atoms. The number of carbonyl (C=O) groups excluding carboxylic acids is 1. The van der Waals surface area contributed by atoms with E-state index in [0.29, 0.717) is 15.6 Å². The lowest BCUT2D eigenvalue weighted by atomic mass is 9.91. The van der Waals surface area contributed by atoms with Gasteiger partial charge in [0, 0.05) is 10.0 Å². The molecule has 1 amide bonds. The van der Waals surface area contributed by atoms with Crippen molar-refractivity contribution in [3.8, 4) is 0 Å². The second-order valence-corrected chi connectivity index (χ2v) is 7.02. The third-order valence-corrected chi connectivity index (χ3v) is 4.65. The van der Waals surface area contributed by atoms with Gasteiger partial charge in [0.2, 0.25) is 0 Å². The summed E-state index contributed by atoms with van der Waals surface area (Å²) >= 11 is 12.3. The molecule has 0 saturated heterocycles. The summed E-state index contributed by atoms with van der Waals surface area (Å²) in [7, 11) is 0. The van der Waals surface area contributed by atoms with E-state index in [1.165, 1.54) is 6.26 Å². The zero-order chi connectivity index (χ0) is 17.3. The first-order valence-electron chi connectivity index (χ1n) is 7.55. The molecule has 0 aromatic heterocycles. The summed E-state index contributed by atoms with van der Waals surface area (Å²) in [4.78, 5) is 14.7. The summed E-state index contributed by atoms with van der Waals surface area (Å²) in [5, 5.41) is 1.07. The predicted molar refractivity (Wildman–Crippen MR) is 96.7 cm³/mol. The lowest BCUT2D eigenvalue weighted by molar-refractivity contribution is -0.138. The average molecular weight is 362 g/mol. The van der Waals surface area contributed by atoms with Crippen LogP contribution in [0.4, 0.5) is 0 Å². The number of hydrogen-bond donors (Lipinski definition) is 0. The molecule has 3 rings (SSSR count). The zero-order valence-corrected chi connectivity index (χ0v) is 14.9. The van der Waals surface area contributed by atoms with Crippen molar-refractivity contribution in [3.05, 3.63) is 76.0 Å². The summed E-state index contributed by atoms with van der Waals surface area (Å²) in [6.45, 7) is 4.07. The number of rotatable bonds is 3. The van der Waals surface area contributed by atoms with Gasteiger partial charge < -0.3 is 4.74 Å². The molecule has 0 N–H and O–H groups in total. The van der Waals surface area contributed by atoms with Crippen LogP contribution in [0.3, 0.4) is 0 Å². The van der Waals surface area contributed by atoms with E-state index in [-0.39, 0.29) is 12.6 Å². The Morgan fingerprint density at radius 1 is 1.04 bits per heavy atom. The molecule has 124 valence electrons. The fraction of sp³-hybridized carbons (Fsp3) is 0.211. The molecular weight excluding hydrogens is 345 g/mol. The van der Waals surface area contributed by atoms with Gasteiger partial charge in [-0.25, -0.2) is 0 Å². The van der Waals surface area contributed by atoms with E-state index in [1.54, 1.807) is 11.0 Å². The van der Waals surface area contributed by atoms with Gasteiger partial charge in [0.15, 0.2) is 6.73 Å². The molecule has 0 fully saturated rings. The number of carbonyl (C=O) groups is 1. The van der Waals surface area contributed by atoms with Gasteiger partial charge in [-0.3, -0.25) is 9.69 Å². The Kier molecular flexibility index (Phi) is 4.57. The smallest absolute Gasteiger partial charge is 0.260 e. The summed E-state index contributed by atoms with van der Waals surface area (Å²) in [6, 6.07) is 14.8. The Bertz CT molecular complexity index is 780. The van der Waals surface area contributed by atoms with E-state index in [2.05, 4.69) is 0 Å². The maximum absolute atomic E-state index is 13.0. The summed E-state index contributed by atoms with van der Waals surface area (Å²) in [6.07, 6.45) is 1.52. The normalized spacial score (nSPS) is 15.1. The van der Waals surface area contributed by atoms with Crippen LogP contribution in [0.25, 0.3) is 5.57 Å². The van der Waals surface area contributed by atoms with Crippen LogP contribution in [-0.4, -0.2) is 17.5 Å². The van der Waals surface area contributed by atoms with E-state index >= 15 is 0 Å². The molecular formula is C19H17Cl2NO2. The monoisotopic (exact) mass is 361 g/mol. The first-order valence-corrected chi connectivity index (χ1v) is 8.31. The van der Waals surface area contributed by atoms with Gasteiger partial charge in [-0.05, 0) is 43.2 Å². The standard InChI is InChI=1S/C19H17Cl2NO2/c1-19(2,14-8-15(20)10-16(21)9-14)22-12-24-11-17(18(22)23)13-6-4-3-5-7-13/h3-11H,12H2,1-2H3. The van der Waals surface area contributed by atoms with Crippen molar-refractivity contribution in [1.29, 1.82) is 0 Å². The van der Waals surface area contributed by atoms with Gasteiger partial charge in [0.25, 0.3) is 5.91 Å². The molecule has 1 aliphatic rings. The van der Waals surface area contributed by atoms with Gasteiger partial charge in [0.1, 0.15) is 0 Å². The van der Waals surface area contributed by atoms with Crippen LogP contribution in [0.15, 0.2) is 54.8 Å². The zero-order valence-electron chi connectivity index (χ0n) is 13.4. The molecule has 1 heterocycles. The van der Waals surface area contributed by atoms with Crippen LogP contribution in [0.2, 0.25) is 10.0 Å². The first kappa shape index (κ1) is 16.9. The van der Waals surface area contributed by atoms with Crippen molar-refractivity contribution in [2.45, 2.75) is 19.4 Å². The maximum atomic E-state index is 13.0. The van der Waals surface area contributed by atoms with Gasteiger partial charge in [-0.2, -0.15) is 0 Å². The van der Waals surface area contributed by atoms with Gasteiger partial charge >= 0.3 is 0 Å². The molecule has 0 saturated carbocycles. The largest absolute Gasteiger partial charge is 0.480 e. The highest BCUT2D eigenvalue weighted by Crippen LogP contribution is 2.35. The summed E-state index contributed by atoms with van der Waals surface area (Å²) in [5.74, 6) is -0.0893. The van der Waals surface area contributed by atoms with Crippen LogP contribution < -0.4 is 0 Å². The van der Waals surface area contributed by atoms with Crippen molar-refractivity contribution in [2.24, 2.45) is 0 Å². The molecule has 0 aliphatic carbocycles. The molecule has 3 nitrogen and oxygen atoms in total. The number of hydrogen-bond acceptors (Lipinski definition) is 2. The molecule has 1 aliphatic heterocycles. The number of ether oxygens (including phenoxy) is 1. The second kappa shape index (κ2) is 6.50. The highest BCUT2D eigenvalue weighted by molar-refractivity contribution is 6.34. The third kappa shape index (κ3) is 3.14. The number of amides is 1. The van der Waals surface area contributed by atoms with Crippen molar-refractivity contribution in [2.75, 3.05) is 6.73 Å². The molecule has 0 radical (unpaired) electrons. The highest BCUT2D eigenvalue weighted by atomic mass is 35.5. The van der Waals surface area contributed by atoms with Crippen molar-refractivity contribution in [3.63, 3.8) is 0 Å². The number of halogens is 2. The highest BCUT2D eigenvalue weighted by Gasteiger charge is 2.37. The maximum Gasteiger partial charge on any atom is 0.260 e. The van der Waals surface area contributed by atoms with E-state index in [4.69, 9.17) is 27.9 Å². The summed E-state index contributed by atoms with van der Waals surface area (Å²) in [5.41, 5.74) is 1.58. The molecule has 2 aromatic rings. The first-order chi connectivity index (χ1) is 11.4. The van der Waals surface area contributed by atoms with E-state index < -0.39 is 5.54 Å². The van der Waals surface area contributed by atoms with Crippen molar-refractivity contribution in [1.82, 2.24) is 4.90 Å². The quantitative estimate of drug-likeness (QED) is 0.762. The third-order valence-electron chi connectivity index (χ3n) is 4.21.